The standard InChI is InChI=1S/C8H8BF3N/c1-7-3-5-13-8(6-7)2-4-9(10,11)12/h2-6H,1H3/q-1/b4-2+. The van der Waals surface area contributed by atoms with Gasteiger partial charge in [0.1, 0.15) is 0 Å². The summed E-state index contributed by atoms with van der Waals surface area (Å²) in [7, 11) is 0. The van der Waals surface area contributed by atoms with Crippen molar-refractivity contribution in [1.82, 2.24) is 4.98 Å². The van der Waals surface area contributed by atoms with E-state index in [1.807, 2.05) is 0 Å². The monoisotopic (exact) mass is 186 g/mol. The van der Waals surface area contributed by atoms with Crippen LogP contribution in [0.25, 0.3) is 6.08 Å². The van der Waals surface area contributed by atoms with Gasteiger partial charge >= 0.3 is 6.98 Å². The highest BCUT2D eigenvalue weighted by atomic mass is 19.4. The third-order valence-corrected chi connectivity index (χ3v) is 1.42. The lowest BCUT2D eigenvalue weighted by Gasteiger charge is -2.05. The topological polar surface area (TPSA) is 12.9 Å². The molecule has 1 rings (SSSR count). The normalized spacial score (nSPS) is 12.3. The summed E-state index contributed by atoms with van der Waals surface area (Å²) in [6.45, 7) is -3.06. The van der Waals surface area contributed by atoms with Crippen molar-refractivity contribution < 1.29 is 12.9 Å². The Hall–Kier alpha value is -1.26. The summed E-state index contributed by atoms with van der Waals surface area (Å²) in [5, 5.41) is 0. The van der Waals surface area contributed by atoms with Gasteiger partial charge in [-0.3, -0.25) is 4.98 Å². The third-order valence-electron chi connectivity index (χ3n) is 1.42. The Morgan fingerprint density at radius 2 is 2.08 bits per heavy atom. The predicted molar refractivity (Wildman–Crippen MR) is 47.1 cm³/mol. The van der Waals surface area contributed by atoms with Crippen LogP contribution in [0.2, 0.25) is 0 Å². The lowest BCUT2D eigenvalue weighted by Crippen LogP contribution is -2.09. The van der Waals surface area contributed by atoms with E-state index < -0.39 is 6.98 Å². The van der Waals surface area contributed by atoms with Crippen LogP contribution in [0.1, 0.15) is 11.3 Å². The summed E-state index contributed by atoms with van der Waals surface area (Å²) in [6.07, 6.45) is 2.46. The zero-order valence-electron chi connectivity index (χ0n) is 7.05. The molecule has 1 aromatic rings. The van der Waals surface area contributed by atoms with Gasteiger partial charge in [0, 0.05) is 6.20 Å². The lowest BCUT2D eigenvalue weighted by atomic mass is 9.91. The highest BCUT2D eigenvalue weighted by Gasteiger charge is 2.16. The highest BCUT2D eigenvalue weighted by molar-refractivity contribution is 6.64. The van der Waals surface area contributed by atoms with Crippen LogP contribution in [0.4, 0.5) is 12.9 Å². The van der Waals surface area contributed by atoms with Crippen molar-refractivity contribution in [3.63, 3.8) is 0 Å². The number of aromatic nitrogens is 1. The van der Waals surface area contributed by atoms with Crippen molar-refractivity contribution in [2.24, 2.45) is 0 Å². The zero-order chi connectivity index (χ0) is 9.90. The van der Waals surface area contributed by atoms with Crippen molar-refractivity contribution in [3.05, 3.63) is 35.6 Å². The quantitative estimate of drug-likeness (QED) is 0.647. The van der Waals surface area contributed by atoms with Crippen LogP contribution >= 0.6 is 0 Å². The van der Waals surface area contributed by atoms with E-state index in [9.17, 15) is 12.9 Å². The number of hydrogen-bond donors (Lipinski definition) is 0. The number of halogens is 3. The second-order valence-electron chi connectivity index (χ2n) is 2.74. The molecule has 0 N–H and O–H groups in total. The van der Waals surface area contributed by atoms with E-state index in [-0.39, 0.29) is 5.98 Å². The van der Waals surface area contributed by atoms with Gasteiger partial charge < -0.3 is 12.9 Å². The van der Waals surface area contributed by atoms with Crippen LogP contribution < -0.4 is 0 Å². The molecule has 0 spiro atoms. The fourth-order valence-electron chi connectivity index (χ4n) is 0.858. The molecule has 0 atom stereocenters. The highest BCUT2D eigenvalue weighted by Crippen LogP contribution is 2.12. The molecule has 5 heteroatoms. The lowest BCUT2D eigenvalue weighted by molar-refractivity contribution is 0.499. The van der Waals surface area contributed by atoms with Gasteiger partial charge in [-0.1, -0.05) is 6.08 Å². The van der Waals surface area contributed by atoms with E-state index in [4.69, 9.17) is 0 Å². The molecule has 0 aliphatic rings. The van der Waals surface area contributed by atoms with Gasteiger partial charge in [0.25, 0.3) is 0 Å². The van der Waals surface area contributed by atoms with Gasteiger partial charge in [0.05, 0.1) is 5.69 Å². The van der Waals surface area contributed by atoms with Crippen LogP contribution in [0.5, 0.6) is 0 Å². The summed E-state index contributed by atoms with van der Waals surface area (Å²) >= 11 is 0. The van der Waals surface area contributed by atoms with Gasteiger partial charge in [0.2, 0.25) is 0 Å². The molecule has 0 amide bonds. The molecule has 0 aromatic carbocycles. The number of pyridine rings is 1. The fraction of sp³-hybridized carbons (Fsp3) is 0.125. The molecule has 0 fully saturated rings. The number of aryl methyl sites for hydroxylation is 1. The van der Waals surface area contributed by atoms with Crippen molar-refractivity contribution in [2.45, 2.75) is 6.92 Å². The summed E-state index contributed by atoms with van der Waals surface area (Å²) in [5.74, 6) is 0.238. The molecule has 1 aromatic heterocycles. The minimum absolute atomic E-state index is 0.238. The molecule has 0 aliphatic heterocycles. The maximum absolute atomic E-state index is 11.8. The Bertz CT molecular complexity index is 319. The number of nitrogens with zero attached hydrogens (tertiary/aromatic N) is 1. The van der Waals surface area contributed by atoms with Gasteiger partial charge in [-0.15, -0.1) is 5.98 Å². The first-order valence-electron chi connectivity index (χ1n) is 3.79. The van der Waals surface area contributed by atoms with Crippen LogP contribution in [-0.2, 0) is 0 Å². The first-order chi connectivity index (χ1) is 5.97. The van der Waals surface area contributed by atoms with E-state index in [0.717, 1.165) is 11.6 Å². The van der Waals surface area contributed by atoms with Crippen LogP contribution in [0.3, 0.4) is 0 Å². The van der Waals surface area contributed by atoms with Crippen molar-refractivity contribution in [2.75, 3.05) is 0 Å². The van der Waals surface area contributed by atoms with E-state index in [2.05, 4.69) is 4.98 Å². The van der Waals surface area contributed by atoms with Gasteiger partial charge in [0.15, 0.2) is 0 Å². The molecule has 1 heterocycles. The Kier molecular flexibility index (Phi) is 2.75. The molecule has 0 unspecified atom stereocenters. The molecule has 13 heavy (non-hydrogen) atoms. The Morgan fingerprint density at radius 1 is 1.38 bits per heavy atom. The molecule has 70 valence electrons. The summed E-state index contributed by atoms with van der Waals surface area (Å²) in [5.41, 5.74) is 1.23. The Morgan fingerprint density at radius 3 is 2.62 bits per heavy atom. The molecule has 0 aliphatic carbocycles. The minimum Gasteiger partial charge on any atom is -0.445 e. The molecule has 0 bridgehead atoms. The second-order valence-corrected chi connectivity index (χ2v) is 2.74. The molecule has 1 nitrogen and oxygen atoms in total. The largest absolute Gasteiger partial charge is 0.502 e. The molecule has 0 saturated heterocycles. The van der Waals surface area contributed by atoms with Crippen molar-refractivity contribution in [1.29, 1.82) is 0 Å². The van der Waals surface area contributed by atoms with Gasteiger partial charge in [-0.05, 0) is 24.6 Å². The van der Waals surface area contributed by atoms with Crippen LogP contribution in [0, 0.1) is 6.92 Å². The predicted octanol–water partition coefficient (Wildman–Crippen LogP) is 2.79. The van der Waals surface area contributed by atoms with E-state index in [1.165, 1.54) is 6.20 Å². The zero-order valence-corrected chi connectivity index (χ0v) is 7.05. The number of rotatable bonds is 2. The maximum atomic E-state index is 11.8. The van der Waals surface area contributed by atoms with E-state index in [0.29, 0.717) is 5.69 Å². The van der Waals surface area contributed by atoms with Gasteiger partial charge in [-0.2, -0.15) is 0 Å². The molecular weight excluding hydrogens is 178 g/mol. The average molecular weight is 186 g/mol. The van der Waals surface area contributed by atoms with Gasteiger partial charge in [-0.25, -0.2) is 0 Å². The average Bonchev–Trinajstić information content (AvgIpc) is 2.00. The van der Waals surface area contributed by atoms with Crippen molar-refractivity contribution in [3.8, 4) is 0 Å². The second kappa shape index (κ2) is 3.64. The Labute approximate surface area is 74.4 Å². The maximum Gasteiger partial charge on any atom is 0.502 e. The Balaban J connectivity index is 2.80. The van der Waals surface area contributed by atoms with Crippen molar-refractivity contribution >= 4 is 13.1 Å². The first-order valence-corrected chi connectivity index (χ1v) is 3.79. The molecule has 0 radical (unpaired) electrons. The molecular formula is C8H8BF3N-. The SMILES string of the molecule is Cc1ccnc(/C=C/[B-](F)(F)F)c1. The smallest absolute Gasteiger partial charge is 0.445 e. The fourth-order valence-corrected chi connectivity index (χ4v) is 0.858. The number of hydrogen-bond acceptors (Lipinski definition) is 1. The summed E-state index contributed by atoms with van der Waals surface area (Å²) in [6, 6.07) is 3.33. The van der Waals surface area contributed by atoms with E-state index in [1.54, 1.807) is 19.1 Å². The summed E-state index contributed by atoms with van der Waals surface area (Å²) in [4.78, 5) is 3.77. The summed E-state index contributed by atoms with van der Waals surface area (Å²) < 4.78 is 35.4. The van der Waals surface area contributed by atoms with E-state index >= 15 is 0 Å². The minimum atomic E-state index is -4.86. The first kappa shape index (κ1) is 9.83. The third kappa shape index (κ3) is 3.78. The van der Waals surface area contributed by atoms with Crippen LogP contribution in [0.15, 0.2) is 24.3 Å². The molecule has 0 saturated carbocycles. The van der Waals surface area contributed by atoms with Crippen LogP contribution in [-0.4, -0.2) is 12.0 Å².